The molecule has 1 heterocycles. The van der Waals surface area contributed by atoms with Crippen molar-refractivity contribution in [2.24, 2.45) is 5.92 Å². The Morgan fingerprint density at radius 1 is 1.22 bits per heavy atom. The topological polar surface area (TPSA) is 18.5 Å². The Kier molecular flexibility index (Phi) is 0.979. The second-order valence-electron chi connectivity index (χ2n) is 2.24. The minimum Gasteiger partial charge on any atom is -0.459 e. The lowest BCUT2D eigenvalue weighted by molar-refractivity contribution is -0.0561. The van der Waals surface area contributed by atoms with Crippen LogP contribution in [0.4, 0.5) is 0 Å². The van der Waals surface area contributed by atoms with E-state index in [4.69, 9.17) is 9.47 Å². The SMILES string of the molecule is C1=CC(C2OC=CO2)C1. The highest BCUT2D eigenvalue weighted by Gasteiger charge is 2.25. The second kappa shape index (κ2) is 1.79. The van der Waals surface area contributed by atoms with Gasteiger partial charge in [0.05, 0.1) is 5.92 Å². The van der Waals surface area contributed by atoms with Gasteiger partial charge in [0.15, 0.2) is 0 Å². The summed E-state index contributed by atoms with van der Waals surface area (Å²) in [5, 5.41) is 0. The fourth-order valence-electron chi connectivity index (χ4n) is 0.948. The van der Waals surface area contributed by atoms with Crippen molar-refractivity contribution in [3.05, 3.63) is 24.7 Å². The van der Waals surface area contributed by atoms with Crippen LogP contribution in [-0.4, -0.2) is 6.29 Å². The van der Waals surface area contributed by atoms with Crippen molar-refractivity contribution >= 4 is 0 Å². The molecule has 0 aromatic carbocycles. The van der Waals surface area contributed by atoms with Crippen LogP contribution >= 0.6 is 0 Å². The first-order valence-corrected chi connectivity index (χ1v) is 3.09. The van der Waals surface area contributed by atoms with Crippen molar-refractivity contribution in [1.82, 2.24) is 0 Å². The first kappa shape index (κ1) is 4.91. The number of allylic oxidation sites excluding steroid dienone is 1. The summed E-state index contributed by atoms with van der Waals surface area (Å²) < 4.78 is 10.2. The van der Waals surface area contributed by atoms with Crippen LogP contribution in [-0.2, 0) is 9.47 Å². The Hall–Kier alpha value is -0.920. The maximum Gasteiger partial charge on any atom is 0.246 e. The minimum atomic E-state index is -0.0324. The van der Waals surface area contributed by atoms with Crippen molar-refractivity contribution < 1.29 is 9.47 Å². The fraction of sp³-hybridized carbons (Fsp3) is 0.429. The van der Waals surface area contributed by atoms with Gasteiger partial charge in [-0.25, -0.2) is 0 Å². The molecule has 2 heteroatoms. The molecule has 1 aliphatic heterocycles. The molecule has 0 bridgehead atoms. The second-order valence-corrected chi connectivity index (χ2v) is 2.24. The Morgan fingerprint density at radius 2 is 1.89 bits per heavy atom. The number of hydrogen-bond acceptors (Lipinski definition) is 2. The van der Waals surface area contributed by atoms with E-state index in [0.717, 1.165) is 6.42 Å². The fourth-order valence-corrected chi connectivity index (χ4v) is 0.948. The molecule has 1 aliphatic carbocycles. The van der Waals surface area contributed by atoms with Crippen LogP contribution < -0.4 is 0 Å². The van der Waals surface area contributed by atoms with E-state index < -0.39 is 0 Å². The molecule has 0 amide bonds. The van der Waals surface area contributed by atoms with Crippen molar-refractivity contribution in [2.75, 3.05) is 0 Å². The van der Waals surface area contributed by atoms with E-state index >= 15 is 0 Å². The van der Waals surface area contributed by atoms with Gasteiger partial charge < -0.3 is 9.47 Å². The van der Waals surface area contributed by atoms with Crippen LogP contribution in [0.3, 0.4) is 0 Å². The van der Waals surface area contributed by atoms with E-state index in [9.17, 15) is 0 Å². The third kappa shape index (κ3) is 0.707. The quantitative estimate of drug-likeness (QED) is 0.492. The lowest BCUT2D eigenvalue weighted by Gasteiger charge is -2.22. The highest BCUT2D eigenvalue weighted by Crippen LogP contribution is 2.26. The Bertz CT molecular complexity index is 152. The zero-order valence-electron chi connectivity index (χ0n) is 4.99. The summed E-state index contributed by atoms with van der Waals surface area (Å²) in [4.78, 5) is 0. The van der Waals surface area contributed by atoms with Crippen LogP contribution in [0.15, 0.2) is 24.7 Å². The van der Waals surface area contributed by atoms with E-state index in [2.05, 4.69) is 12.2 Å². The lowest BCUT2D eigenvalue weighted by atomic mass is 9.95. The van der Waals surface area contributed by atoms with Crippen molar-refractivity contribution in [3.8, 4) is 0 Å². The molecule has 0 saturated carbocycles. The normalized spacial score (nSPS) is 31.3. The molecule has 0 saturated heterocycles. The van der Waals surface area contributed by atoms with Gasteiger partial charge in [-0.05, 0) is 6.42 Å². The smallest absolute Gasteiger partial charge is 0.246 e. The standard InChI is InChI=1S/C7H8O2/c1-2-6(3-1)7-8-4-5-9-7/h1-2,4-7H,3H2. The molecule has 0 aromatic heterocycles. The summed E-state index contributed by atoms with van der Waals surface area (Å²) in [5.41, 5.74) is 0. The van der Waals surface area contributed by atoms with Crippen LogP contribution in [0, 0.1) is 5.92 Å². The molecule has 48 valence electrons. The summed E-state index contributed by atoms with van der Waals surface area (Å²) in [5.74, 6) is 0.486. The molecule has 2 aliphatic rings. The maximum atomic E-state index is 5.10. The first-order chi connectivity index (χ1) is 4.47. The van der Waals surface area contributed by atoms with E-state index in [-0.39, 0.29) is 6.29 Å². The van der Waals surface area contributed by atoms with Gasteiger partial charge in [-0.1, -0.05) is 12.2 Å². The van der Waals surface area contributed by atoms with Crippen molar-refractivity contribution in [3.63, 3.8) is 0 Å². The monoisotopic (exact) mass is 124 g/mol. The average molecular weight is 124 g/mol. The summed E-state index contributed by atoms with van der Waals surface area (Å²) in [6.07, 6.45) is 8.47. The molecule has 1 atom stereocenters. The summed E-state index contributed by atoms with van der Waals surface area (Å²) in [6, 6.07) is 0. The van der Waals surface area contributed by atoms with Gasteiger partial charge in [0.2, 0.25) is 6.29 Å². The van der Waals surface area contributed by atoms with E-state index in [0.29, 0.717) is 5.92 Å². The van der Waals surface area contributed by atoms with E-state index in [1.807, 2.05) is 0 Å². The Morgan fingerprint density at radius 3 is 2.33 bits per heavy atom. The molecular weight excluding hydrogens is 116 g/mol. The molecular formula is C7H8O2. The predicted octanol–water partition coefficient (Wildman–Crippen LogP) is 1.41. The molecule has 0 fully saturated rings. The molecule has 0 aromatic rings. The van der Waals surface area contributed by atoms with Gasteiger partial charge in [0, 0.05) is 0 Å². The number of ether oxygens (including phenoxy) is 2. The van der Waals surface area contributed by atoms with Gasteiger partial charge in [-0.3, -0.25) is 0 Å². The lowest BCUT2D eigenvalue weighted by Crippen LogP contribution is -2.22. The molecule has 0 N–H and O–H groups in total. The molecule has 9 heavy (non-hydrogen) atoms. The maximum absolute atomic E-state index is 5.10. The van der Waals surface area contributed by atoms with Gasteiger partial charge in [0.1, 0.15) is 12.5 Å². The third-order valence-corrected chi connectivity index (χ3v) is 1.62. The van der Waals surface area contributed by atoms with Crippen molar-refractivity contribution in [2.45, 2.75) is 12.7 Å². The van der Waals surface area contributed by atoms with Crippen LogP contribution in [0.2, 0.25) is 0 Å². The van der Waals surface area contributed by atoms with Crippen molar-refractivity contribution in [1.29, 1.82) is 0 Å². The van der Waals surface area contributed by atoms with Crippen LogP contribution in [0.25, 0.3) is 0 Å². The summed E-state index contributed by atoms with van der Waals surface area (Å²) >= 11 is 0. The number of rotatable bonds is 1. The molecule has 0 spiro atoms. The van der Waals surface area contributed by atoms with E-state index in [1.165, 1.54) is 0 Å². The van der Waals surface area contributed by atoms with Crippen LogP contribution in [0.5, 0.6) is 0 Å². The largest absolute Gasteiger partial charge is 0.459 e. The first-order valence-electron chi connectivity index (χ1n) is 3.09. The average Bonchev–Trinajstić information content (AvgIpc) is 2.11. The van der Waals surface area contributed by atoms with Crippen LogP contribution in [0.1, 0.15) is 6.42 Å². The Labute approximate surface area is 53.8 Å². The highest BCUT2D eigenvalue weighted by molar-refractivity contribution is 5.04. The summed E-state index contributed by atoms with van der Waals surface area (Å²) in [7, 11) is 0. The molecule has 1 unspecified atom stereocenters. The third-order valence-electron chi connectivity index (χ3n) is 1.62. The van der Waals surface area contributed by atoms with Gasteiger partial charge in [-0.2, -0.15) is 0 Å². The highest BCUT2D eigenvalue weighted by atomic mass is 16.7. The van der Waals surface area contributed by atoms with Gasteiger partial charge in [-0.15, -0.1) is 0 Å². The zero-order valence-corrected chi connectivity index (χ0v) is 4.99. The summed E-state index contributed by atoms with van der Waals surface area (Å²) in [6.45, 7) is 0. The number of hydrogen-bond donors (Lipinski definition) is 0. The zero-order chi connectivity index (χ0) is 6.10. The van der Waals surface area contributed by atoms with E-state index in [1.54, 1.807) is 12.5 Å². The predicted molar refractivity (Wildman–Crippen MR) is 32.3 cm³/mol. The molecule has 2 nitrogen and oxygen atoms in total. The molecule has 0 radical (unpaired) electrons. The Balaban J connectivity index is 1.92. The van der Waals surface area contributed by atoms with Gasteiger partial charge in [0.25, 0.3) is 0 Å². The minimum absolute atomic E-state index is 0.0324. The molecule has 2 rings (SSSR count). The van der Waals surface area contributed by atoms with Gasteiger partial charge >= 0.3 is 0 Å².